The highest BCUT2D eigenvalue weighted by Crippen LogP contribution is 2.28. The third kappa shape index (κ3) is 6.98. The van der Waals surface area contributed by atoms with E-state index in [-0.39, 0.29) is 24.8 Å². The number of nitrogens with one attached hydrogen (secondary N) is 2. The predicted octanol–water partition coefficient (Wildman–Crippen LogP) is 1.33. The van der Waals surface area contributed by atoms with Gasteiger partial charge in [-0.25, -0.2) is 14.0 Å². The number of amides is 2. The number of carbonyl (C=O) groups excluding carboxylic acids is 2. The van der Waals surface area contributed by atoms with Crippen molar-refractivity contribution in [3.63, 3.8) is 0 Å². The quantitative estimate of drug-likeness (QED) is 0.594. The number of alkyl halides is 3. The van der Waals surface area contributed by atoms with Gasteiger partial charge in [0.05, 0.1) is 24.5 Å². The number of nitrogens with zero attached hydrogens (tertiary/aromatic N) is 2. The molecule has 1 atom stereocenters. The maximum Gasteiger partial charge on any atom is 0.490 e. The number of carbonyl (C=O) groups is 3. The summed E-state index contributed by atoms with van der Waals surface area (Å²) in [5.41, 5.74) is 1.00. The first kappa shape index (κ1) is 24.2. The topological polar surface area (TPSA) is 111 Å². The molecule has 13 heteroatoms. The van der Waals surface area contributed by atoms with Crippen LogP contribution in [0.1, 0.15) is 6.92 Å². The van der Waals surface area contributed by atoms with Gasteiger partial charge in [-0.05, 0) is 18.2 Å². The van der Waals surface area contributed by atoms with Crippen LogP contribution in [0, 0.1) is 5.82 Å². The molecule has 2 aliphatic rings. The van der Waals surface area contributed by atoms with Crippen molar-refractivity contribution in [1.29, 1.82) is 0 Å². The Hall–Kier alpha value is -3.09. The summed E-state index contributed by atoms with van der Waals surface area (Å²) in [5.74, 6) is -3.30. The van der Waals surface area contributed by atoms with E-state index in [0.717, 1.165) is 26.2 Å². The molecule has 1 aromatic rings. The van der Waals surface area contributed by atoms with Crippen molar-refractivity contribution in [2.24, 2.45) is 0 Å². The molecule has 1 aromatic carbocycles. The van der Waals surface area contributed by atoms with Crippen molar-refractivity contribution in [3.05, 3.63) is 24.0 Å². The summed E-state index contributed by atoms with van der Waals surface area (Å²) in [6, 6.07) is 4.78. The van der Waals surface area contributed by atoms with Crippen molar-refractivity contribution in [1.82, 2.24) is 10.6 Å². The molecular formula is C18H22F4N4O5. The van der Waals surface area contributed by atoms with Crippen LogP contribution in [0.3, 0.4) is 0 Å². The second kappa shape index (κ2) is 10.3. The van der Waals surface area contributed by atoms with Gasteiger partial charge in [-0.3, -0.25) is 9.69 Å². The van der Waals surface area contributed by atoms with Crippen LogP contribution in [0.5, 0.6) is 0 Å². The normalized spacial score (nSPS) is 18.7. The number of anilines is 2. The lowest BCUT2D eigenvalue weighted by atomic mass is 10.2. The Bertz CT molecular complexity index is 815. The van der Waals surface area contributed by atoms with Gasteiger partial charge in [-0.15, -0.1) is 0 Å². The van der Waals surface area contributed by atoms with Crippen LogP contribution < -0.4 is 20.4 Å². The Balaban J connectivity index is 0.000000423. The van der Waals surface area contributed by atoms with Crippen LogP contribution in [0.25, 0.3) is 0 Å². The molecule has 0 bridgehead atoms. The number of hydrogen-bond acceptors (Lipinski definition) is 6. The van der Waals surface area contributed by atoms with Gasteiger partial charge < -0.3 is 25.4 Å². The van der Waals surface area contributed by atoms with Crippen molar-refractivity contribution < 1.29 is 41.8 Å². The number of carboxylic acids is 1. The Kier molecular flexibility index (Phi) is 8.02. The highest BCUT2D eigenvalue weighted by atomic mass is 19.4. The summed E-state index contributed by atoms with van der Waals surface area (Å²) in [7, 11) is 0. The second-order valence-electron chi connectivity index (χ2n) is 6.73. The molecule has 2 fully saturated rings. The lowest BCUT2D eigenvalue weighted by Crippen LogP contribution is -2.43. The zero-order valence-electron chi connectivity index (χ0n) is 16.5. The summed E-state index contributed by atoms with van der Waals surface area (Å²) in [4.78, 5) is 35.2. The molecule has 0 radical (unpaired) electrons. The monoisotopic (exact) mass is 450 g/mol. The molecular weight excluding hydrogens is 428 g/mol. The fraction of sp³-hybridized carbons (Fsp3) is 0.500. The highest BCUT2D eigenvalue weighted by molar-refractivity contribution is 5.90. The van der Waals surface area contributed by atoms with Crippen LogP contribution in [0.4, 0.5) is 33.7 Å². The number of carboxylic acid groups (broad SMARTS) is 1. The summed E-state index contributed by atoms with van der Waals surface area (Å²) in [6.45, 7) is 5.08. The number of halogens is 4. The van der Waals surface area contributed by atoms with E-state index in [4.69, 9.17) is 14.6 Å². The summed E-state index contributed by atoms with van der Waals surface area (Å²) in [6.07, 6.45) is -6.04. The van der Waals surface area contributed by atoms with E-state index in [1.54, 1.807) is 12.1 Å². The zero-order chi connectivity index (χ0) is 23.2. The lowest BCUT2D eigenvalue weighted by molar-refractivity contribution is -0.192. The zero-order valence-corrected chi connectivity index (χ0v) is 16.5. The molecule has 2 amide bonds. The van der Waals surface area contributed by atoms with Gasteiger partial charge in [0.15, 0.2) is 0 Å². The Labute approximate surface area is 174 Å². The lowest BCUT2D eigenvalue weighted by Gasteiger charge is -2.30. The minimum absolute atomic E-state index is 0.184. The van der Waals surface area contributed by atoms with Crippen LogP contribution in [0.2, 0.25) is 0 Å². The molecule has 9 nitrogen and oxygen atoms in total. The smallest absolute Gasteiger partial charge is 0.475 e. The summed E-state index contributed by atoms with van der Waals surface area (Å²) in [5, 5.41) is 13.0. The van der Waals surface area contributed by atoms with Gasteiger partial charge in [-0.2, -0.15) is 13.2 Å². The molecule has 0 aromatic heterocycles. The van der Waals surface area contributed by atoms with Crippen molar-refractivity contribution in [3.8, 4) is 0 Å². The molecule has 0 spiro atoms. The largest absolute Gasteiger partial charge is 0.490 e. The van der Waals surface area contributed by atoms with Gasteiger partial charge >= 0.3 is 18.2 Å². The van der Waals surface area contributed by atoms with Gasteiger partial charge in [-0.1, -0.05) is 0 Å². The van der Waals surface area contributed by atoms with Gasteiger partial charge in [0.25, 0.3) is 0 Å². The number of piperazine rings is 1. The van der Waals surface area contributed by atoms with E-state index < -0.39 is 24.3 Å². The number of rotatable bonds is 4. The highest BCUT2D eigenvalue weighted by Gasteiger charge is 2.38. The van der Waals surface area contributed by atoms with E-state index in [2.05, 4.69) is 10.6 Å². The first-order valence-corrected chi connectivity index (χ1v) is 9.27. The van der Waals surface area contributed by atoms with Crippen molar-refractivity contribution >= 4 is 29.3 Å². The molecule has 0 unspecified atom stereocenters. The standard InChI is InChI=1S/C16H21FN4O3.C2HF3O2/c1-11(22)19-9-13-10-21(16(23)24-13)12-2-3-15(14(17)8-12)20-6-4-18-5-7-20;3-2(4,5)1(6)7/h2-3,8,13,18H,4-7,9-10H2,1H3,(H,19,22);(H,6,7)/t13-;/m1./s1. The van der Waals surface area contributed by atoms with E-state index in [1.165, 1.54) is 17.9 Å². The maximum absolute atomic E-state index is 14.5. The molecule has 172 valence electrons. The number of hydrogen-bond donors (Lipinski definition) is 3. The maximum atomic E-state index is 14.5. The van der Waals surface area contributed by atoms with Gasteiger partial charge in [0.2, 0.25) is 5.91 Å². The molecule has 0 saturated carbocycles. The number of benzene rings is 1. The van der Waals surface area contributed by atoms with Gasteiger partial charge in [0.1, 0.15) is 11.9 Å². The fourth-order valence-corrected chi connectivity index (χ4v) is 2.92. The van der Waals surface area contributed by atoms with Crippen molar-refractivity contribution in [2.45, 2.75) is 19.2 Å². The van der Waals surface area contributed by atoms with Crippen LogP contribution in [-0.2, 0) is 14.3 Å². The molecule has 2 heterocycles. The minimum atomic E-state index is -5.08. The van der Waals surface area contributed by atoms with E-state index in [1.807, 2.05) is 4.90 Å². The molecule has 3 rings (SSSR count). The molecule has 2 aliphatic heterocycles. The number of cyclic esters (lactones) is 1. The van der Waals surface area contributed by atoms with E-state index in [0.29, 0.717) is 11.4 Å². The average Bonchev–Trinajstić information content (AvgIpc) is 3.07. The van der Waals surface area contributed by atoms with Crippen LogP contribution >= 0.6 is 0 Å². The number of ether oxygens (including phenoxy) is 1. The predicted molar refractivity (Wildman–Crippen MR) is 101 cm³/mol. The fourth-order valence-electron chi connectivity index (χ4n) is 2.92. The first-order chi connectivity index (χ1) is 14.5. The van der Waals surface area contributed by atoms with E-state index >= 15 is 0 Å². The number of aliphatic carboxylic acids is 1. The van der Waals surface area contributed by atoms with Crippen LogP contribution in [0.15, 0.2) is 18.2 Å². The Morgan fingerprint density at radius 3 is 2.42 bits per heavy atom. The molecule has 0 aliphatic carbocycles. The van der Waals surface area contributed by atoms with Gasteiger partial charge in [0, 0.05) is 33.1 Å². The summed E-state index contributed by atoms with van der Waals surface area (Å²) < 4.78 is 51.4. The SMILES string of the molecule is CC(=O)NC[C@@H]1CN(c2ccc(N3CCNCC3)c(F)c2)C(=O)O1.O=C(O)C(F)(F)F. The van der Waals surface area contributed by atoms with Crippen LogP contribution in [-0.4, -0.2) is 74.6 Å². The van der Waals surface area contributed by atoms with E-state index in [9.17, 15) is 27.2 Å². The second-order valence-corrected chi connectivity index (χ2v) is 6.73. The Morgan fingerprint density at radius 1 is 1.29 bits per heavy atom. The first-order valence-electron chi connectivity index (χ1n) is 9.27. The molecule has 2 saturated heterocycles. The molecule has 31 heavy (non-hydrogen) atoms. The minimum Gasteiger partial charge on any atom is -0.475 e. The third-order valence-electron chi connectivity index (χ3n) is 4.40. The Morgan fingerprint density at radius 2 is 1.90 bits per heavy atom. The summed E-state index contributed by atoms with van der Waals surface area (Å²) >= 11 is 0. The van der Waals surface area contributed by atoms with Crippen molar-refractivity contribution in [2.75, 3.05) is 49.1 Å². The molecule has 3 N–H and O–H groups in total. The average molecular weight is 450 g/mol. The third-order valence-corrected chi connectivity index (χ3v) is 4.40.